The van der Waals surface area contributed by atoms with Gasteiger partial charge < -0.3 is 5.32 Å². The van der Waals surface area contributed by atoms with Gasteiger partial charge in [0.05, 0.1) is 11.2 Å². The number of rotatable bonds is 3. The number of anilines is 2. The van der Waals surface area contributed by atoms with E-state index in [1.165, 1.54) is 24.1 Å². The number of para-hydroxylation sites is 1. The quantitative estimate of drug-likeness (QED) is 0.430. The minimum atomic E-state index is 0. The Balaban J connectivity index is 0.00000192. The van der Waals surface area contributed by atoms with Gasteiger partial charge in [-0.1, -0.05) is 41.9 Å². The van der Waals surface area contributed by atoms with Crippen molar-refractivity contribution in [3.05, 3.63) is 70.9 Å². The average molecular weight is 426 g/mol. The summed E-state index contributed by atoms with van der Waals surface area (Å²) in [7, 11) is 0. The molecule has 0 saturated carbocycles. The van der Waals surface area contributed by atoms with Gasteiger partial charge >= 0.3 is 0 Å². The number of hydrogen-bond donors (Lipinski definition) is 2. The van der Waals surface area contributed by atoms with Crippen molar-refractivity contribution in [3.63, 3.8) is 0 Å². The van der Waals surface area contributed by atoms with Crippen LogP contribution in [0.1, 0.15) is 24.1 Å². The standard InChI is InChI=1S/C22H19ClN4.V/c23-17-10-4-1-7-14(17)20-13-21(15-8-2-5-11-18(15)24-20)25-22-16-9-3-6-12-19(16)26-27-22;/h1,3-4,6-7,9-10,12-13H,2,5,8,11H2,(H2,24,25,26,27);. The minimum Gasteiger partial charge on any atom is -0.338 e. The molecule has 0 amide bonds. The van der Waals surface area contributed by atoms with Crippen molar-refractivity contribution in [2.45, 2.75) is 25.7 Å². The van der Waals surface area contributed by atoms with Crippen LogP contribution in [-0.2, 0) is 31.4 Å². The predicted molar refractivity (Wildman–Crippen MR) is 111 cm³/mol. The number of halogens is 1. The molecule has 0 aliphatic heterocycles. The van der Waals surface area contributed by atoms with Crippen LogP contribution in [0.25, 0.3) is 22.2 Å². The van der Waals surface area contributed by atoms with Crippen LogP contribution >= 0.6 is 11.6 Å². The van der Waals surface area contributed by atoms with Gasteiger partial charge in [0.15, 0.2) is 5.82 Å². The third kappa shape index (κ3) is 3.44. The second kappa shape index (κ2) is 8.00. The van der Waals surface area contributed by atoms with Gasteiger partial charge in [0, 0.05) is 45.9 Å². The molecule has 28 heavy (non-hydrogen) atoms. The van der Waals surface area contributed by atoms with Gasteiger partial charge in [-0.2, -0.15) is 5.10 Å². The van der Waals surface area contributed by atoms with E-state index >= 15 is 0 Å². The van der Waals surface area contributed by atoms with E-state index in [9.17, 15) is 0 Å². The third-order valence-corrected chi connectivity index (χ3v) is 5.50. The SMILES string of the molecule is Clc1ccccc1-c1cc(Nc2n[nH]c3ccccc23)c2c(n1)CCCC2.[V]. The fraction of sp³-hybridized carbons (Fsp3) is 0.182. The van der Waals surface area contributed by atoms with Gasteiger partial charge in [-0.15, -0.1) is 0 Å². The Bertz CT molecular complexity index is 1140. The molecule has 2 aromatic carbocycles. The van der Waals surface area contributed by atoms with Gasteiger partial charge in [-0.3, -0.25) is 10.1 Å². The van der Waals surface area contributed by atoms with Crippen molar-refractivity contribution >= 4 is 34.0 Å². The summed E-state index contributed by atoms with van der Waals surface area (Å²) in [6, 6.07) is 18.1. The van der Waals surface area contributed by atoms with Gasteiger partial charge in [0.25, 0.3) is 0 Å². The van der Waals surface area contributed by atoms with Crippen molar-refractivity contribution in [3.8, 4) is 11.3 Å². The van der Waals surface area contributed by atoms with Crippen LogP contribution in [0, 0.1) is 0 Å². The van der Waals surface area contributed by atoms with Crippen molar-refractivity contribution in [1.29, 1.82) is 0 Å². The molecule has 0 saturated heterocycles. The average Bonchev–Trinajstić information content (AvgIpc) is 3.11. The summed E-state index contributed by atoms with van der Waals surface area (Å²) in [6.45, 7) is 0. The van der Waals surface area contributed by atoms with Crippen LogP contribution in [-0.4, -0.2) is 15.2 Å². The van der Waals surface area contributed by atoms with E-state index in [4.69, 9.17) is 16.6 Å². The first-order valence-corrected chi connectivity index (χ1v) is 9.65. The van der Waals surface area contributed by atoms with E-state index in [2.05, 4.69) is 27.6 Å². The first kappa shape index (κ1) is 19.1. The van der Waals surface area contributed by atoms with Crippen LogP contribution in [0.15, 0.2) is 54.6 Å². The first-order valence-electron chi connectivity index (χ1n) is 9.27. The zero-order valence-corrected chi connectivity index (χ0v) is 17.4. The Hall–Kier alpha value is -2.27. The number of nitrogens with zero attached hydrogens (tertiary/aromatic N) is 2. The maximum Gasteiger partial charge on any atom is 0.160 e. The molecule has 0 bridgehead atoms. The van der Waals surface area contributed by atoms with E-state index in [1.807, 2.05) is 42.5 Å². The molecule has 4 aromatic rings. The summed E-state index contributed by atoms with van der Waals surface area (Å²) in [6.07, 6.45) is 4.41. The molecule has 2 N–H and O–H groups in total. The molecule has 1 radical (unpaired) electrons. The smallest absolute Gasteiger partial charge is 0.160 e. The van der Waals surface area contributed by atoms with Crippen LogP contribution in [0.5, 0.6) is 0 Å². The molecule has 4 nitrogen and oxygen atoms in total. The zero-order chi connectivity index (χ0) is 18.2. The van der Waals surface area contributed by atoms with Crippen molar-refractivity contribution in [2.75, 3.05) is 5.32 Å². The summed E-state index contributed by atoms with van der Waals surface area (Å²) >= 11 is 6.44. The summed E-state index contributed by atoms with van der Waals surface area (Å²) in [5, 5.41) is 12.9. The molecule has 1 aliphatic rings. The van der Waals surface area contributed by atoms with Gasteiger partial charge in [-0.05, 0) is 55.5 Å². The zero-order valence-electron chi connectivity index (χ0n) is 15.2. The molecule has 0 atom stereocenters. The Morgan fingerprint density at radius 1 is 0.964 bits per heavy atom. The first-order chi connectivity index (χ1) is 13.3. The van der Waals surface area contributed by atoms with E-state index in [1.54, 1.807) is 0 Å². The van der Waals surface area contributed by atoms with E-state index in [-0.39, 0.29) is 18.6 Å². The predicted octanol–water partition coefficient (Wildman–Crippen LogP) is 5.90. The Morgan fingerprint density at radius 2 is 1.75 bits per heavy atom. The van der Waals surface area contributed by atoms with Gasteiger partial charge in [0.1, 0.15) is 0 Å². The Morgan fingerprint density at radius 3 is 2.64 bits per heavy atom. The number of fused-ring (bicyclic) bond motifs is 2. The molecular formula is C22H19ClN4V. The summed E-state index contributed by atoms with van der Waals surface area (Å²) in [4.78, 5) is 4.94. The molecule has 2 aromatic heterocycles. The summed E-state index contributed by atoms with van der Waals surface area (Å²) in [5.74, 6) is 0.842. The largest absolute Gasteiger partial charge is 0.338 e. The van der Waals surface area contributed by atoms with Crippen molar-refractivity contribution in [1.82, 2.24) is 15.2 Å². The monoisotopic (exact) mass is 425 g/mol. The number of pyridine rings is 1. The fourth-order valence-corrected chi connectivity index (χ4v) is 4.04. The second-order valence-corrected chi connectivity index (χ2v) is 7.32. The number of benzene rings is 2. The molecule has 6 heteroatoms. The summed E-state index contributed by atoms with van der Waals surface area (Å²) in [5.41, 5.74) is 6.43. The molecule has 0 unspecified atom stereocenters. The molecular weight excluding hydrogens is 407 g/mol. The number of aromatic nitrogens is 3. The van der Waals surface area contributed by atoms with Crippen LogP contribution in [0.3, 0.4) is 0 Å². The van der Waals surface area contributed by atoms with Crippen molar-refractivity contribution < 1.29 is 18.6 Å². The maximum atomic E-state index is 6.44. The molecule has 5 rings (SSSR count). The van der Waals surface area contributed by atoms with Crippen LogP contribution in [0.2, 0.25) is 5.02 Å². The van der Waals surface area contributed by atoms with Crippen LogP contribution in [0.4, 0.5) is 11.5 Å². The molecule has 0 spiro atoms. The fourth-order valence-electron chi connectivity index (χ4n) is 3.81. The van der Waals surface area contributed by atoms with Crippen molar-refractivity contribution in [2.24, 2.45) is 0 Å². The number of aryl methyl sites for hydroxylation is 1. The number of hydrogen-bond acceptors (Lipinski definition) is 3. The van der Waals surface area contributed by atoms with E-state index in [0.717, 1.165) is 51.5 Å². The van der Waals surface area contributed by atoms with Crippen LogP contribution < -0.4 is 5.32 Å². The normalized spacial score (nSPS) is 13.0. The molecule has 2 heterocycles. The third-order valence-electron chi connectivity index (χ3n) is 5.17. The Kier molecular flexibility index (Phi) is 5.45. The summed E-state index contributed by atoms with van der Waals surface area (Å²) < 4.78 is 0. The maximum absolute atomic E-state index is 6.44. The minimum absolute atomic E-state index is 0. The number of H-pyrrole nitrogens is 1. The number of aromatic amines is 1. The topological polar surface area (TPSA) is 53.6 Å². The Labute approximate surface area is 180 Å². The van der Waals surface area contributed by atoms with Gasteiger partial charge in [0.2, 0.25) is 0 Å². The molecule has 139 valence electrons. The number of nitrogens with one attached hydrogen (secondary N) is 2. The van der Waals surface area contributed by atoms with Gasteiger partial charge in [-0.25, -0.2) is 0 Å². The molecule has 0 fully saturated rings. The van der Waals surface area contributed by atoms with E-state index < -0.39 is 0 Å². The molecule has 1 aliphatic carbocycles. The van der Waals surface area contributed by atoms with E-state index in [0.29, 0.717) is 0 Å². The second-order valence-electron chi connectivity index (χ2n) is 6.91.